The highest BCUT2D eigenvalue weighted by molar-refractivity contribution is 6.00. The first kappa shape index (κ1) is 99.6. The van der Waals surface area contributed by atoms with Gasteiger partial charge in [-0.2, -0.15) is 0 Å². The second-order valence-corrected chi connectivity index (χ2v) is 34.0. The number of urea groups is 2. The predicted molar refractivity (Wildman–Crippen MR) is 436 cm³/mol. The SMILES string of the molecule is C.CC(C)C[C@H](NC(=O)N1CC(=O)[C@@H](NC(=O)[C@H](CC(C)C)NC(=O)c2cc3ccccc3o2)CC[C@H]1C)C(=O)O.CC(C)C[C@H](NC(=O)OC(C)(C)C)C(=O)N[C@H]1CC[C@@H](C)NC[C@@H]1O.COC(=O)[C@H](CC(C)C)NC(=O)N1C[C@H](O)[C@@H](NC(=O)[C@@H](CC(C)C)NC(=O)OC(C)(C)C)CC[C@H]1C.O=C(O)c1cc2ccccc2o1. The maximum atomic E-state index is 13.3. The van der Waals surface area contributed by atoms with Gasteiger partial charge in [0, 0.05) is 35.4 Å². The number of aliphatic hydroxyl groups excluding tert-OH is 2. The Hall–Kier alpha value is -9.56. The molecule has 7 rings (SSSR count). The molecule has 2 aromatic carbocycles. The summed E-state index contributed by atoms with van der Waals surface area (Å²) in [5.41, 5.74) is -0.164. The molecule has 3 saturated heterocycles. The number of hydrogen-bond acceptors (Lipinski definition) is 20. The van der Waals surface area contributed by atoms with Crippen LogP contribution < -0.4 is 47.9 Å². The van der Waals surface area contributed by atoms with E-state index in [0.717, 1.165) is 17.2 Å². The van der Waals surface area contributed by atoms with Gasteiger partial charge >= 0.3 is 42.2 Å². The molecule has 0 unspecified atom stereocenters. The molecular formula is C83H133N11O21. The van der Waals surface area contributed by atoms with E-state index in [-0.39, 0.29) is 97.9 Å². The van der Waals surface area contributed by atoms with Crippen LogP contribution in [0.25, 0.3) is 21.9 Å². The van der Waals surface area contributed by atoms with E-state index in [9.17, 15) is 72.9 Å². The Morgan fingerprint density at radius 1 is 0.513 bits per heavy atom. The van der Waals surface area contributed by atoms with Crippen LogP contribution in [0.3, 0.4) is 0 Å². The number of carboxylic acids is 2. The van der Waals surface area contributed by atoms with Crippen molar-refractivity contribution in [2.24, 2.45) is 29.6 Å². The van der Waals surface area contributed by atoms with Crippen molar-refractivity contribution in [3.8, 4) is 0 Å². The van der Waals surface area contributed by atoms with Crippen LogP contribution in [-0.4, -0.2) is 218 Å². The lowest BCUT2D eigenvalue weighted by atomic mass is 10.0. The fourth-order valence-corrected chi connectivity index (χ4v) is 12.9. The number of likely N-dealkylation sites (tertiary alicyclic amines) is 2. The summed E-state index contributed by atoms with van der Waals surface area (Å²) < 4.78 is 26.0. The van der Waals surface area contributed by atoms with Crippen LogP contribution in [0, 0.1) is 29.6 Å². The van der Waals surface area contributed by atoms with Crippen LogP contribution in [0.5, 0.6) is 0 Å². The smallest absolute Gasteiger partial charge is 0.408 e. The number of furan rings is 2. The number of aliphatic carboxylic acids is 1. The molecule has 0 aliphatic carbocycles. The molecule has 0 spiro atoms. The second-order valence-electron chi connectivity index (χ2n) is 34.0. The molecule has 5 heterocycles. The lowest BCUT2D eigenvalue weighted by Crippen LogP contribution is -2.56. The summed E-state index contributed by atoms with van der Waals surface area (Å²) in [5, 5.41) is 65.9. The number of carbonyl (C=O) groups is 12. The van der Waals surface area contributed by atoms with Crippen molar-refractivity contribution in [2.75, 3.05) is 26.7 Å². The van der Waals surface area contributed by atoms with Gasteiger partial charge in [-0.1, -0.05) is 113 Å². The van der Waals surface area contributed by atoms with Crippen molar-refractivity contribution in [1.82, 2.24) is 57.7 Å². The van der Waals surface area contributed by atoms with E-state index >= 15 is 0 Å². The van der Waals surface area contributed by atoms with Gasteiger partial charge in [-0.05, 0) is 187 Å². The molecule has 13 atom stereocenters. The summed E-state index contributed by atoms with van der Waals surface area (Å²) in [6.45, 7) is 35.7. The van der Waals surface area contributed by atoms with Crippen molar-refractivity contribution >= 4 is 93.5 Å². The molecule has 0 saturated carbocycles. The molecule has 0 bridgehead atoms. The van der Waals surface area contributed by atoms with E-state index in [2.05, 4.69) is 54.8 Å². The number of nitrogens with one attached hydrogen (secondary N) is 9. The van der Waals surface area contributed by atoms with Crippen LogP contribution in [0.15, 0.2) is 69.5 Å². The zero-order valence-corrected chi connectivity index (χ0v) is 70.2. The lowest BCUT2D eigenvalue weighted by molar-refractivity contribution is -0.143. The van der Waals surface area contributed by atoms with Crippen LogP contribution in [0.1, 0.15) is 231 Å². The molecule has 115 heavy (non-hydrogen) atoms. The Morgan fingerprint density at radius 2 is 0.913 bits per heavy atom. The third-order valence-electron chi connectivity index (χ3n) is 18.8. The number of methoxy groups -OCH3 is 1. The van der Waals surface area contributed by atoms with Crippen molar-refractivity contribution in [3.05, 3.63) is 72.2 Å². The molecular weight excluding hydrogens is 1490 g/mol. The minimum Gasteiger partial charge on any atom is -0.480 e. The number of benzene rings is 2. The first-order valence-electron chi connectivity index (χ1n) is 39.6. The number of carbonyl (C=O) groups excluding carboxylic acids is 10. The van der Waals surface area contributed by atoms with E-state index in [1.807, 2.05) is 100 Å². The first-order chi connectivity index (χ1) is 53.1. The molecule has 13 N–H and O–H groups in total. The summed E-state index contributed by atoms with van der Waals surface area (Å²) in [5.74, 6) is -4.09. The number of β-amino-alcohol motifs (C(OH)–C–C–N with tert-alkyl or cyclic N) is 2. The van der Waals surface area contributed by atoms with Gasteiger partial charge in [0.05, 0.1) is 50.5 Å². The molecule has 3 fully saturated rings. The number of fused-ring (bicyclic) bond motifs is 2. The van der Waals surface area contributed by atoms with Crippen molar-refractivity contribution in [2.45, 2.75) is 299 Å². The molecule has 3 aliphatic rings. The molecule has 32 nitrogen and oxygen atoms in total. The minimum atomic E-state index is -1.14. The number of Topliss-reactive ketones (excluding diaryl/α,β-unsaturated/α-hetero) is 1. The fourth-order valence-electron chi connectivity index (χ4n) is 12.9. The standard InChI is InChI=1S/C29H40N4O7.C26H48N4O7.C18H35N3O4.C9H6O3.CH4/c1-16(2)12-21(31-27(36)25-14-19-8-6-7-9-24(19)40-25)26(35)30-20-11-10-18(5)33(15-23(20)34)29(39)32-22(28(37)38)13-17(3)4;1-15(2)12-19(29-25(35)37-26(6,7)8)22(32)27-18-11-10-17(5)30(14-21(18)31)24(34)28-20(13-16(3)4)23(33)36-9;1-11(2)9-14(21-17(24)25-18(4,5)6)16(23)20-13-8-7-12(3)19-10-15(13)22;10-9(11)8-5-6-3-1-2-4-7(6)12-8;/h6-9,14,16-18,20-22H,10-13,15H2,1-5H3,(H,30,35)(H,31,36)(H,32,39)(H,37,38);15-21,31H,10-14H2,1-9H3,(H,27,32)(H,28,34)(H,29,35);11-15,19,22H,7-10H2,1-6H3,(H,20,23)(H,21,24);1-5H,(H,10,11);1H4/t18-,20+,21+,22+;17-,18+,19-,20+,21+;12-,13+,14+,15+;;/m111../s1. The fraction of sp³-hybridized carbons (Fsp3) is 0.663. The number of aromatic carboxylic acids is 1. The first-order valence-corrected chi connectivity index (χ1v) is 39.6. The van der Waals surface area contributed by atoms with Crippen molar-refractivity contribution < 1.29 is 101 Å². The number of alkyl carbamates (subject to hydrolysis) is 2. The third-order valence-corrected chi connectivity index (χ3v) is 18.8. The molecule has 2 aromatic heterocycles. The lowest BCUT2D eigenvalue weighted by Gasteiger charge is -2.31. The summed E-state index contributed by atoms with van der Waals surface area (Å²) in [6, 6.07) is 10.1. The number of ether oxygens (including phenoxy) is 3. The van der Waals surface area contributed by atoms with Gasteiger partial charge in [0.25, 0.3) is 5.91 Å². The summed E-state index contributed by atoms with van der Waals surface area (Å²) >= 11 is 0. The number of nitrogens with zero attached hydrogens (tertiary/aromatic N) is 2. The van der Waals surface area contributed by atoms with E-state index in [4.69, 9.17) is 28.2 Å². The average Bonchev–Trinajstić information content (AvgIpc) is 1.82. The monoisotopic (exact) mass is 1620 g/mol. The third kappa shape index (κ3) is 35.2. The maximum Gasteiger partial charge on any atom is 0.408 e. The maximum absolute atomic E-state index is 13.3. The molecule has 32 heteroatoms. The topological polar surface area (TPSA) is 454 Å². The van der Waals surface area contributed by atoms with Crippen molar-refractivity contribution in [1.29, 1.82) is 0 Å². The van der Waals surface area contributed by atoms with Gasteiger partial charge in [-0.15, -0.1) is 0 Å². The number of esters is 1. The number of ketones is 1. The van der Waals surface area contributed by atoms with Gasteiger partial charge in [0.2, 0.25) is 23.5 Å². The van der Waals surface area contributed by atoms with Gasteiger partial charge in [-0.25, -0.2) is 33.6 Å². The highest BCUT2D eigenvalue weighted by atomic mass is 16.6. The highest BCUT2D eigenvalue weighted by Gasteiger charge is 2.39. The van der Waals surface area contributed by atoms with Crippen molar-refractivity contribution in [3.63, 3.8) is 0 Å². The van der Waals surface area contributed by atoms with E-state index in [1.165, 1.54) is 23.0 Å². The number of hydrogen-bond donors (Lipinski definition) is 13. The predicted octanol–water partition coefficient (Wildman–Crippen LogP) is 10.2. The Morgan fingerprint density at radius 3 is 1.37 bits per heavy atom. The van der Waals surface area contributed by atoms with E-state index in [1.54, 1.807) is 78.8 Å². The molecule has 4 aromatic rings. The van der Waals surface area contributed by atoms with Crippen LogP contribution in [0.2, 0.25) is 0 Å². The molecule has 3 aliphatic heterocycles. The van der Waals surface area contributed by atoms with E-state index < -0.39 is 126 Å². The summed E-state index contributed by atoms with van der Waals surface area (Å²) in [6.07, 6.45) is 2.19. The number of aliphatic hydroxyl groups is 2. The molecule has 10 amide bonds. The number of rotatable bonds is 25. The number of carboxylic acid groups (broad SMARTS) is 2. The number of amides is 10. The summed E-state index contributed by atoms with van der Waals surface area (Å²) in [4.78, 5) is 153. The molecule has 646 valence electrons. The highest BCUT2D eigenvalue weighted by Crippen LogP contribution is 2.25. The summed E-state index contributed by atoms with van der Waals surface area (Å²) in [7, 11) is 1.28. The zero-order valence-electron chi connectivity index (χ0n) is 70.2. The van der Waals surface area contributed by atoms with Gasteiger partial charge in [0.1, 0.15) is 52.6 Å². The largest absolute Gasteiger partial charge is 0.480 e. The second kappa shape index (κ2) is 46.9. The molecule has 0 radical (unpaired) electrons. The Kier molecular flexibility index (Phi) is 40.6. The minimum absolute atomic E-state index is 0. The Balaban J connectivity index is 0.000000421. The van der Waals surface area contributed by atoms with Gasteiger partial charge < -0.3 is 101 Å². The van der Waals surface area contributed by atoms with Gasteiger partial charge in [0.15, 0.2) is 11.5 Å². The van der Waals surface area contributed by atoms with Crippen LogP contribution in [0.4, 0.5) is 19.2 Å². The van der Waals surface area contributed by atoms with E-state index in [0.29, 0.717) is 81.5 Å². The normalized spacial score (nSPS) is 20.5. The number of para-hydroxylation sites is 2. The Bertz CT molecular complexity index is 3760. The van der Waals surface area contributed by atoms with Crippen LogP contribution in [-0.2, 0) is 43.0 Å². The average molecular weight is 1620 g/mol. The van der Waals surface area contributed by atoms with Crippen LogP contribution >= 0.6 is 0 Å². The quantitative estimate of drug-likeness (QED) is 0.0217. The zero-order chi connectivity index (χ0) is 85.8. The Labute approximate surface area is 677 Å². The van der Waals surface area contributed by atoms with Gasteiger partial charge in [-0.3, -0.25) is 24.0 Å².